The van der Waals surface area contributed by atoms with Crippen molar-refractivity contribution >= 4 is 51.9 Å². The van der Waals surface area contributed by atoms with Crippen molar-refractivity contribution in [3.05, 3.63) is 125 Å². The average Bonchev–Trinajstić information content (AvgIpc) is 3.07. The predicted molar refractivity (Wildman–Crippen MR) is 188 cm³/mol. The highest BCUT2D eigenvalue weighted by molar-refractivity contribution is 6.32. The number of hydrogen-bond acceptors (Lipinski definition) is 5. The number of ketones is 1. The molecule has 8 rings (SSSR count). The molecular formula is C40H35BN2O3. The molecule has 5 nitrogen and oxygen atoms in total. The van der Waals surface area contributed by atoms with Crippen LogP contribution >= 0.6 is 0 Å². The molecule has 2 aliphatic heterocycles. The molecule has 0 N–H and O–H groups in total. The Kier molecular flexibility index (Phi) is 6.71. The Morgan fingerprint density at radius 1 is 0.891 bits per heavy atom. The van der Waals surface area contributed by atoms with Crippen LogP contribution in [0.5, 0.6) is 11.5 Å². The summed E-state index contributed by atoms with van der Waals surface area (Å²) in [4.78, 5) is 24.0. The lowest BCUT2D eigenvalue weighted by molar-refractivity contribution is -0.0315. The number of aromatic nitrogens is 2. The van der Waals surface area contributed by atoms with Crippen molar-refractivity contribution < 1.29 is 14.3 Å². The Bertz CT molecular complexity index is 2220. The molecule has 0 saturated heterocycles. The maximum Gasteiger partial charge on any atom is 0.193 e. The van der Waals surface area contributed by atoms with Crippen LogP contribution in [0, 0.1) is 5.92 Å². The number of benzene rings is 5. The minimum absolute atomic E-state index is 0.00269. The Morgan fingerprint density at radius 3 is 2.46 bits per heavy atom. The molecule has 2 aliphatic rings. The first kappa shape index (κ1) is 28.5. The number of hydrogen-bond donors (Lipinski definition) is 0. The Labute approximate surface area is 269 Å². The minimum Gasteiger partial charge on any atom is -0.493 e. The van der Waals surface area contributed by atoms with E-state index < -0.39 is 5.60 Å². The highest BCUT2D eigenvalue weighted by atomic mass is 16.5. The molecular weight excluding hydrogens is 567 g/mol. The molecule has 3 atom stereocenters. The van der Waals surface area contributed by atoms with Crippen LogP contribution in [-0.2, 0) is 0 Å². The van der Waals surface area contributed by atoms with Crippen LogP contribution in [0.1, 0.15) is 66.6 Å². The first-order chi connectivity index (χ1) is 22.3. The van der Waals surface area contributed by atoms with Gasteiger partial charge in [0.1, 0.15) is 24.9 Å². The topological polar surface area (TPSA) is 61.3 Å². The molecule has 0 bridgehead atoms. The van der Waals surface area contributed by atoms with Gasteiger partial charge in [-0.1, -0.05) is 83.8 Å². The SMILES string of the molecule is Bc1ccc2c(c1)[C@H]1c3c(c4ccccc4c4nc5ccc(C(=O)c6ccccc6)cc5nc34)O[C@](C)(CCC=C(C)C)[C@H]1CO2. The van der Waals surface area contributed by atoms with E-state index in [9.17, 15) is 4.79 Å². The summed E-state index contributed by atoms with van der Waals surface area (Å²) in [7, 11) is 2.13. The standard InChI is InChI=1S/C40H35BN2O3/c1-23(2)10-9-19-40(3)30-22-45-33-18-16-26(41)21-29(33)34(30)35-37-36(27-13-7-8-14-28(27)39(35)46-40)42-31-17-15-25(20-32(31)43-37)38(44)24-11-5-4-6-12-24/h4-8,10-18,20-21,30,34H,9,19,22,41H2,1-3H3/t30-,34+,40+/m0/s1. The summed E-state index contributed by atoms with van der Waals surface area (Å²) in [5, 5.41) is 2.05. The largest absolute Gasteiger partial charge is 0.493 e. The highest BCUT2D eigenvalue weighted by Crippen LogP contribution is 2.57. The smallest absolute Gasteiger partial charge is 0.193 e. The number of carbonyl (C=O) groups excluding carboxylic acids is 1. The van der Waals surface area contributed by atoms with Crippen LogP contribution in [0.3, 0.4) is 0 Å². The molecule has 1 aromatic heterocycles. The lowest BCUT2D eigenvalue weighted by atomic mass is 9.66. The Balaban J connectivity index is 1.41. The summed E-state index contributed by atoms with van der Waals surface area (Å²) in [6, 6.07) is 29.9. The third-order valence-corrected chi connectivity index (χ3v) is 9.83. The number of allylic oxidation sites excluding steroid dienone is 2. The molecule has 3 heterocycles. The Hall–Kier alpha value is -4.97. The number of nitrogens with zero attached hydrogens (tertiary/aromatic N) is 2. The molecule has 0 unspecified atom stereocenters. The van der Waals surface area contributed by atoms with Gasteiger partial charge < -0.3 is 9.47 Å². The van der Waals surface area contributed by atoms with Gasteiger partial charge in [0.25, 0.3) is 0 Å². The normalized spacial score (nSPS) is 19.9. The zero-order valence-electron chi connectivity index (χ0n) is 26.6. The van der Waals surface area contributed by atoms with E-state index in [0.29, 0.717) is 23.3 Å². The van der Waals surface area contributed by atoms with Gasteiger partial charge in [-0.2, -0.15) is 0 Å². The van der Waals surface area contributed by atoms with Crippen molar-refractivity contribution in [3.8, 4) is 11.5 Å². The van der Waals surface area contributed by atoms with E-state index >= 15 is 0 Å². The van der Waals surface area contributed by atoms with Crippen LogP contribution in [0.4, 0.5) is 0 Å². The predicted octanol–water partition coefficient (Wildman–Crippen LogP) is 7.46. The fraction of sp³-hybridized carbons (Fsp3) is 0.225. The van der Waals surface area contributed by atoms with Gasteiger partial charge in [0.15, 0.2) is 5.78 Å². The maximum atomic E-state index is 13.4. The van der Waals surface area contributed by atoms with E-state index in [4.69, 9.17) is 19.4 Å². The van der Waals surface area contributed by atoms with Crippen molar-refractivity contribution in [1.82, 2.24) is 9.97 Å². The number of rotatable bonds is 5. The summed E-state index contributed by atoms with van der Waals surface area (Å²) >= 11 is 0. The van der Waals surface area contributed by atoms with Crippen molar-refractivity contribution in [2.45, 2.75) is 45.1 Å². The van der Waals surface area contributed by atoms with Crippen molar-refractivity contribution in [2.24, 2.45) is 5.92 Å². The molecule has 5 aromatic carbocycles. The summed E-state index contributed by atoms with van der Waals surface area (Å²) in [6.45, 7) is 7.10. The fourth-order valence-corrected chi connectivity index (χ4v) is 7.48. The Morgan fingerprint density at radius 2 is 1.65 bits per heavy atom. The van der Waals surface area contributed by atoms with E-state index in [1.807, 2.05) is 48.5 Å². The van der Waals surface area contributed by atoms with Crippen LogP contribution in [0.25, 0.3) is 32.8 Å². The van der Waals surface area contributed by atoms with Gasteiger partial charge in [-0.25, -0.2) is 9.97 Å². The zero-order chi connectivity index (χ0) is 31.6. The van der Waals surface area contributed by atoms with Crippen molar-refractivity contribution in [2.75, 3.05) is 6.61 Å². The molecule has 226 valence electrons. The fourth-order valence-electron chi connectivity index (χ4n) is 7.48. The van der Waals surface area contributed by atoms with Crippen LogP contribution < -0.4 is 14.9 Å². The van der Waals surface area contributed by atoms with Gasteiger partial charge in [0.05, 0.1) is 28.7 Å². The van der Waals surface area contributed by atoms with Crippen LogP contribution in [0.2, 0.25) is 0 Å². The van der Waals surface area contributed by atoms with E-state index in [1.165, 1.54) is 16.6 Å². The van der Waals surface area contributed by atoms with E-state index in [1.54, 1.807) is 0 Å². The second kappa shape index (κ2) is 10.8. The van der Waals surface area contributed by atoms with E-state index in [0.717, 1.165) is 57.2 Å². The third kappa shape index (κ3) is 4.58. The lowest BCUT2D eigenvalue weighted by Crippen LogP contribution is -2.51. The molecule has 0 aliphatic carbocycles. The molecule has 0 fully saturated rings. The average molecular weight is 603 g/mol. The maximum absolute atomic E-state index is 13.4. The summed E-state index contributed by atoms with van der Waals surface area (Å²) in [5.74, 6) is 1.82. The second-order valence-electron chi connectivity index (χ2n) is 13.3. The first-order valence-electron chi connectivity index (χ1n) is 16.1. The molecule has 46 heavy (non-hydrogen) atoms. The van der Waals surface area contributed by atoms with Crippen LogP contribution in [0.15, 0.2) is 103 Å². The van der Waals surface area contributed by atoms with E-state index in [2.05, 4.69) is 77.2 Å². The second-order valence-corrected chi connectivity index (χ2v) is 13.3. The summed E-state index contributed by atoms with van der Waals surface area (Å²) in [5.41, 5.74) is 8.61. The summed E-state index contributed by atoms with van der Waals surface area (Å²) < 4.78 is 13.7. The molecule has 0 spiro atoms. The zero-order valence-corrected chi connectivity index (χ0v) is 26.6. The van der Waals surface area contributed by atoms with Gasteiger partial charge in [0, 0.05) is 44.9 Å². The van der Waals surface area contributed by atoms with Gasteiger partial charge >= 0.3 is 0 Å². The quantitative estimate of drug-likeness (QED) is 0.0674. The van der Waals surface area contributed by atoms with E-state index in [-0.39, 0.29) is 17.6 Å². The molecule has 0 radical (unpaired) electrons. The molecule has 6 heteroatoms. The third-order valence-electron chi connectivity index (χ3n) is 9.83. The number of fused-ring (bicyclic) bond motifs is 11. The van der Waals surface area contributed by atoms with Crippen molar-refractivity contribution in [3.63, 3.8) is 0 Å². The molecule has 0 saturated carbocycles. The van der Waals surface area contributed by atoms with Gasteiger partial charge in [-0.3, -0.25) is 4.79 Å². The highest BCUT2D eigenvalue weighted by Gasteiger charge is 2.51. The number of carbonyl (C=O) groups is 1. The lowest BCUT2D eigenvalue weighted by Gasteiger charge is -2.49. The molecule has 0 amide bonds. The van der Waals surface area contributed by atoms with Gasteiger partial charge in [0.2, 0.25) is 0 Å². The summed E-state index contributed by atoms with van der Waals surface area (Å²) in [6.07, 6.45) is 4.08. The molecule has 6 aromatic rings. The minimum atomic E-state index is -0.471. The van der Waals surface area contributed by atoms with Crippen LogP contribution in [-0.4, -0.2) is 35.8 Å². The van der Waals surface area contributed by atoms with Gasteiger partial charge in [-0.05, 0) is 57.9 Å². The first-order valence-corrected chi connectivity index (χ1v) is 16.1. The van der Waals surface area contributed by atoms with Crippen molar-refractivity contribution in [1.29, 1.82) is 0 Å². The number of ether oxygens (including phenoxy) is 2. The monoisotopic (exact) mass is 602 g/mol. The van der Waals surface area contributed by atoms with Gasteiger partial charge in [-0.15, -0.1) is 0 Å².